The summed E-state index contributed by atoms with van der Waals surface area (Å²) in [5.41, 5.74) is 2.11. The fourth-order valence-corrected chi connectivity index (χ4v) is 3.52. The van der Waals surface area contributed by atoms with Crippen LogP contribution in [0.5, 0.6) is 0 Å². The number of benzene rings is 2. The number of aliphatic hydroxyl groups is 1. The van der Waals surface area contributed by atoms with E-state index in [1.165, 1.54) is 4.90 Å². The smallest absolute Gasteiger partial charge is 0.268 e. The summed E-state index contributed by atoms with van der Waals surface area (Å²) in [6, 6.07) is 15.1. The second-order valence-corrected chi connectivity index (χ2v) is 5.76. The van der Waals surface area contributed by atoms with Gasteiger partial charge < -0.3 is 15.0 Å². The predicted molar refractivity (Wildman–Crippen MR) is 85.9 cm³/mol. The van der Waals surface area contributed by atoms with Gasteiger partial charge in [0.2, 0.25) is 0 Å². The Morgan fingerprint density at radius 3 is 2.59 bits per heavy atom. The van der Waals surface area contributed by atoms with Crippen LogP contribution in [-0.4, -0.2) is 23.0 Å². The highest BCUT2D eigenvalue weighted by molar-refractivity contribution is 6.11. The van der Waals surface area contributed by atoms with Crippen molar-refractivity contribution in [2.75, 3.05) is 11.9 Å². The molecule has 1 amide bonds. The maximum atomic E-state index is 12.8. The van der Waals surface area contributed by atoms with Gasteiger partial charge in [0.05, 0.1) is 5.69 Å². The lowest BCUT2D eigenvalue weighted by atomic mass is 9.85. The largest absolute Gasteiger partial charge is 0.372 e. The average molecular weight is 292 g/mol. The van der Waals surface area contributed by atoms with E-state index < -0.39 is 5.60 Å². The molecule has 3 aromatic rings. The summed E-state index contributed by atoms with van der Waals surface area (Å²) in [6.45, 7) is 1.89. The first-order valence-corrected chi connectivity index (χ1v) is 7.23. The molecule has 1 atom stereocenters. The van der Waals surface area contributed by atoms with Crippen LogP contribution in [0, 0.1) is 6.92 Å². The molecule has 4 nitrogen and oxygen atoms in total. The summed E-state index contributed by atoms with van der Waals surface area (Å²) in [5.74, 6) is -0.318. The van der Waals surface area contributed by atoms with E-state index >= 15 is 0 Å². The highest BCUT2D eigenvalue weighted by Gasteiger charge is 2.51. The van der Waals surface area contributed by atoms with Crippen LogP contribution in [0.15, 0.2) is 48.5 Å². The molecule has 2 aromatic carbocycles. The van der Waals surface area contributed by atoms with E-state index in [2.05, 4.69) is 4.98 Å². The van der Waals surface area contributed by atoms with E-state index in [4.69, 9.17) is 0 Å². The number of hydrogen-bond acceptors (Lipinski definition) is 2. The highest BCUT2D eigenvalue weighted by atomic mass is 16.3. The van der Waals surface area contributed by atoms with Crippen molar-refractivity contribution in [3.05, 3.63) is 65.4 Å². The number of nitrogens with zero attached hydrogens (tertiary/aromatic N) is 1. The molecule has 110 valence electrons. The molecule has 2 heterocycles. The van der Waals surface area contributed by atoms with E-state index in [9.17, 15) is 9.90 Å². The van der Waals surface area contributed by atoms with Crippen LogP contribution in [0.3, 0.4) is 0 Å². The van der Waals surface area contributed by atoms with Crippen LogP contribution in [0.25, 0.3) is 10.9 Å². The SMILES string of the molecule is Cc1[nH]c2ccccc2c1[C@]1(O)C(=O)N(C)c2ccccc21. The number of carbonyl (C=O) groups excluding carboxylic acids is 1. The minimum absolute atomic E-state index is 0.318. The number of amides is 1. The van der Waals surface area contributed by atoms with Crippen molar-refractivity contribution in [2.24, 2.45) is 0 Å². The molecule has 0 bridgehead atoms. The minimum Gasteiger partial charge on any atom is -0.372 e. The first-order chi connectivity index (χ1) is 10.5. The molecular weight excluding hydrogens is 276 g/mol. The number of likely N-dealkylation sites (N-methyl/N-ethyl adjacent to an activating group) is 1. The lowest BCUT2D eigenvalue weighted by molar-refractivity contribution is -0.131. The van der Waals surface area contributed by atoms with Gasteiger partial charge in [-0.25, -0.2) is 0 Å². The molecular formula is C18H16N2O2. The molecule has 0 radical (unpaired) electrons. The number of hydrogen-bond donors (Lipinski definition) is 2. The van der Waals surface area contributed by atoms with Gasteiger partial charge in [-0.1, -0.05) is 36.4 Å². The molecule has 22 heavy (non-hydrogen) atoms. The fourth-order valence-electron chi connectivity index (χ4n) is 3.52. The summed E-state index contributed by atoms with van der Waals surface area (Å²) >= 11 is 0. The topological polar surface area (TPSA) is 56.3 Å². The van der Waals surface area contributed by atoms with Gasteiger partial charge in [-0.15, -0.1) is 0 Å². The second kappa shape index (κ2) is 4.21. The molecule has 0 spiro atoms. The molecule has 0 aliphatic carbocycles. The fraction of sp³-hybridized carbons (Fsp3) is 0.167. The van der Waals surface area contributed by atoms with Crippen molar-refractivity contribution in [3.63, 3.8) is 0 Å². The lowest BCUT2D eigenvalue weighted by Gasteiger charge is -2.23. The summed E-state index contributed by atoms with van der Waals surface area (Å²) in [5, 5.41) is 12.3. The highest BCUT2D eigenvalue weighted by Crippen LogP contribution is 2.46. The molecule has 4 heteroatoms. The number of fused-ring (bicyclic) bond motifs is 2. The molecule has 2 N–H and O–H groups in total. The third-order valence-electron chi connectivity index (χ3n) is 4.52. The number of aromatic amines is 1. The predicted octanol–water partition coefficient (Wildman–Crippen LogP) is 2.69. The Morgan fingerprint density at radius 1 is 1.09 bits per heavy atom. The van der Waals surface area contributed by atoms with Crippen molar-refractivity contribution in [3.8, 4) is 0 Å². The Morgan fingerprint density at radius 2 is 1.77 bits per heavy atom. The average Bonchev–Trinajstić information content (AvgIpc) is 2.97. The van der Waals surface area contributed by atoms with Gasteiger partial charge in [0.1, 0.15) is 0 Å². The van der Waals surface area contributed by atoms with Crippen molar-refractivity contribution in [2.45, 2.75) is 12.5 Å². The van der Waals surface area contributed by atoms with E-state index in [1.807, 2.05) is 55.5 Å². The molecule has 4 rings (SSSR count). The summed E-state index contributed by atoms with van der Waals surface area (Å²) in [7, 11) is 1.70. The van der Waals surface area contributed by atoms with Gasteiger partial charge in [0, 0.05) is 34.8 Å². The molecule has 0 saturated heterocycles. The van der Waals surface area contributed by atoms with Crippen molar-refractivity contribution >= 4 is 22.5 Å². The Kier molecular flexibility index (Phi) is 2.51. The number of para-hydroxylation sites is 2. The Balaban J connectivity index is 2.10. The van der Waals surface area contributed by atoms with E-state index in [-0.39, 0.29) is 5.91 Å². The minimum atomic E-state index is -1.64. The monoisotopic (exact) mass is 292 g/mol. The van der Waals surface area contributed by atoms with Crippen LogP contribution in [-0.2, 0) is 10.4 Å². The Bertz CT molecular complexity index is 912. The van der Waals surface area contributed by atoms with Gasteiger partial charge in [0.15, 0.2) is 5.60 Å². The summed E-state index contributed by atoms with van der Waals surface area (Å²) in [4.78, 5) is 17.6. The zero-order valence-electron chi connectivity index (χ0n) is 12.4. The van der Waals surface area contributed by atoms with Gasteiger partial charge in [-0.3, -0.25) is 4.79 Å². The quantitative estimate of drug-likeness (QED) is 0.724. The lowest BCUT2D eigenvalue weighted by Crippen LogP contribution is -2.39. The van der Waals surface area contributed by atoms with E-state index in [0.29, 0.717) is 11.1 Å². The number of carbonyl (C=O) groups is 1. The normalized spacial score (nSPS) is 20.7. The number of H-pyrrole nitrogens is 1. The van der Waals surface area contributed by atoms with Crippen LogP contribution in [0.4, 0.5) is 5.69 Å². The molecule has 1 aliphatic rings. The first kappa shape index (κ1) is 13.1. The summed E-state index contributed by atoms with van der Waals surface area (Å²) < 4.78 is 0. The maximum absolute atomic E-state index is 12.8. The molecule has 1 aromatic heterocycles. The number of rotatable bonds is 1. The summed E-state index contributed by atoms with van der Waals surface area (Å²) in [6.07, 6.45) is 0. The third kappa shape index (κ3) is 1.42. The van der Waals surface area contributed by atoms with Crippen LogP contribution >= 0.6 is 0 Å². The van der Waals surface area contributed by atoms with Gasteiger partial charge in [-0.2, -0.15) is 0 Å². The van der Waals surface area contributed by atoms with Crippen LogP contribution < -0.4 is 4.90 Å². The number of anilines is 1. The number of nitrogens with one attached hydrogen (secondary N) is 1. The zero-order valence-corrected chi connectivity index (χ0v) is 12.4. The van der Waals surface area contributed by atoms with Crippen LogP contribution in [0.1, 0.15) is 16.8 Å². The molecule has 0 saturated carbocycles. The zero-order chi connectivity index (χ0) is 15.5. The van der Waals surface area contributed by atoms with Crippen molar-refractivity contribution in [1.82, 2.24) is 4.98 Å². The van der Waals surface area contributed by atoms with Gasteiger partial charge in [0.25, 0.3) is 5.91 Å². The van der Waals surface area contributed by atoms with Gasteiger partial charge >= 0.3 is 0 Å². The van der Waals surface area contributed by atoms with E-state index in [1.54, 1.807) is 7.05 Å². The Hall–Kier alpha value is -2.59. The van der Waals surface area contributed by atoms with Crippen molar-refractivity contribution in [1.29, 1.82) is 0 Å². The van der Waals surface area contributed by atoms with Gasteiger partial charge in [-0.05, 0) is 19.1 Å². The first-order valence-electron chi connectivity index (χ1n) is 7.23. The third-order valence-corrected chi connectivity index (χ3v) is 4.52. The number of aromatic nitrogens is 1. The van der Waals surface area contributed by atoms with Crippen molar-refractivity contribution < 1.29 is 9.90 Å². The molecule has 0 fully saturated rings. The standard InChI is InChI=1S/C18H16N2O2/c1-11-16(12-7-3-5-9-14(12)19-11)18(22)13-8-4-6-10-15(13)20(2)17(18)21/h3-10,19,22H,1-2H3/t18-/m0/s1. The molecule has 1 aliphatic heterocycles. The molecule has 0 unspecified atom stereocenters. The van der Waals surface area contributed by atoms with Crippen LogP contribution in [0.2, 0.25) is 0 Å². The second-order valence-electron chi connectivity index (χ2n) is 5.76. The number of aryl methyl sites for hydroxylation is 1. The Labute approximate surface area is 128 Å². The maximum Gasteiger partial charge on any atom is 0.268 e. The van der Waals surface area contributed by atoms with E-state index in [0.717, 1.165) is 22.3 Å².